The molecule has 3 rings (SSSR count). The number of hydrogen-bond donors (Lipinski definition) is 1. The summed E-state index contributed by atoms with van der Waals surface area (Å²) in [6.07, 6.45) is 5.61. The highest BCUT2D eigenvalue weighted by atomic mass is 16.6. The van der Waals surface area contributed by atoms with Gasteiger partial charge in [0.05, 0.1) is 19.8 Å². The fraction of sp³-hybridized carbons (Fsp3) is 0.929. The lowest BCUT2D eigenvalue weighted by Crippen LogP contribution is -2.57. The third-order valence-corrected chi connectivity index (χ3v) is 4.79. The zero-order valence-corrected chi connectivity index (χ0v) is 11.6. The van der Waals surface area contributed by atoms with Crippen LogP contribution in [0.4, 0.5) is 0 Å². The molecule has 1 amide bonds. The van der Waals surface area contributed by atoms with E-state index in [4.69, 9.17) is 9.47 Å². The minimum absolute atomic E-state index is 0.00678. The van der Waals surface area contributed by atoms with Crippen LogP contribution in [0.15, 0.2) is 0 Å². The second-order valence-electron chi connectivity index (χ2n) is 6.02. The second kappa shape index (κ2) is 5.77. The van der Waals surface area contributed by atoms with Gasteiger partial charge in [0.1, 0.15) is 0 Å². The van der Waals surface area contributed by atoms with E-state index in [0.29, 0.717) is 37.9 Å². The summed E-state index contributed by atoms with van der Waals surface area (Å²) in [5.74, 6) is 0.00678. The van der Waals surface area contributed by atoms with E-state index in [1.54, 1.807) is 0 Å². The molecule has 0 aromatic rings. The number of fused-ring (bicyclic) bond motifs is 2. The predicted octanol–water partition coefficient (Wildman–Crippen LogP) is 0.533. The van der Waals surface area contributed by atoms with Crippen LogP contribution in [0.25, 0.3) is 0 Å². The molecular formula is C14H24N2O3. The Hall–Kier alpha value is -0.650. The normalized spacial score (nSPS) is 39.8. The molecule has 3 saturated heterocycles. The Morgan fingerprint density at radius 3 is 2.58 bits per heavy atom. The smallest absolute Gasteiger partial charge is 0.251 e. The van der Waals surface area contributed by atoms with Gasteiger partial charge in [-0.1, -0.05) is 6.42 Å². The number of carbonyl (C=O) groups is 1. The summed E-state index contributed by atoms with van der Waals surface area (Å²) in [7, 11) is 2.23. The number of piperidine rings is 2. The van der Waals surface area contributed by atoms with Crippen LogP contribution in [0.5, 0.6) is 0 Å². The maximum absolute atomic E-state index is 12.1. The van der Waals surface area contributed by atoms with Crippen molar-refractivity contribution < 1.29 is 14.3 Å². The van der Waals surface area contributed by atoms with Gasteiger partial charge >= 0.3 is 0 Å². The number of carbonyl (C=O) groups excluding carboxylic acids is 1. The van der Waals surface area contributed by atoms with Crippen molar-refractivity contribution in [3.63, 3.8) is 0 Å². The molecule has 3 fully saturated rings. The Bertz CT molecular complexity index is 317. The topological polar surface area (TPSA) is 50.8 Å². The van der Waals surface area contributed by atoms with Gasteiger partial charge in [0, 0.05) is 18.1 Å². The molecule has 3 atom stereocenters. The van der Waals surface area contributed by atoms with Crippen molar-refractivity contribution in [1.29, 1.82) is 0 Å². The van der Waals surface area contributed by atoms with E-state index >= 15 is 0 Å². The van der Waals surface area contributed by atoms with E-state index in [1.165, 1.54) is 19.3 Å². The Morgan fingerprint density at radius 2 is 1.95 bits per heavy atom. The van der Waals surface area contributed by atoms with Crippen LogP contribution in [0.3, 0.4) is 0 Å². The molecule has 0 unspecified atom stereocenters. The highest BCUT2D eigenvalue weighted by Crippen LogP contribution is 2.32. The lowest BCUT2D eigenvalue weighted by molar-refractivity contribution is -0.148. The molecule has 5 heteroatoms. The van der Waals surface area contributed by atoms with E-state index < -0.39 is 6.10 Å². The first-order valence-electron chi connectivity index (χ1n) is 7.45. The third-order valence-electron chi connectivity index (χ3n) is 4.79. The van der Waals surface area contributed by atoms with Crippen LogP contribution in [-0.4, -0.2) is 61.9 Å². The van der Waals surface area contributed by atoms with Gasteiger partial charge in [-0.3, -0.25) is 4.79 Å². The van der Waals surface area contributed by atoms with Gasteiger partial charge in [-0.2, -0.15) is 0 Å². The quantitative estimate of drug-likeness (QED) is 0.794. The summed E-state index contributed by atoms with van der Waals surface area (Å²) in [6, 6.07) is 1.59. The minimum atomic E-state index is -0.409. The molecule has 2 bridgehead atoms. The van der Waals surface area contributed by atoms with E-state index in [2.05, 4.69) is 17.3 Å². The average Bonchev–Trinajstić information content (AvgIpc) is 2.41. The fourth-order valence-electron chi connectivity index (χ4n) is 3.67. The van der Waals surface area contributed by atoms with Gasteiger partial charge in [-0.05, 0) is 32.7 Å². The van der Waals surface area contributed by atoms with E-state index in [0.717, 1.165) is 12.8 Å². The first-order chi connectivity index (χ1) is 9.24. The van der Waals surface area contributed by atoms with Crippen LogP contribution in [0.2, 0.25) is 0 Å². The van der Waals surface area contributed by atoms with E-state index in [-0.39, 0.29) is 5.91 Å². The summed E-state index contributed by atoms with van der Waals surface area (Å²) in [5.41, 5.74) is 0. The van der Waals surface area contributed by atoms with Crippen molar-refractivity contribution in [2.45, 2.75) is 56.3 Å². The van der Waals surface area contributed by atoms with Gasteiger partial charge in [0.25, 0.3) is 5.91 Å². The summed E-state index contributed by atoms with van der Waals surface area (Å²) in [6.45, 7) is 1.52. The highest BCUT2D eigenvalue weighted by molar-refractivity contribution is 5.81. The molecule has 108 valence electrons. The lowest BCUT2D eigenvalue weighted by Gasteiger charge is -2.47. The molecule has 3 heterocycles. The molecule has 3 aliphatic heterocycles. The maximum Gasteiger partial charge on any atom is 0.251 e. The number of nitrogens with one attached hydrogen (secondary N) is 1. The molecule has 3 aliphatic rings. The third kappa shape index (κ3) is 2.93. The summed E-state index contributed by atoms with van der Waals surface area (Å²) >= 11 is 0. The van der Waals surface area contributed by atoms with Crippen LogP contribution < -0.4 is 5.32 Å². The minimum Gasteiger partial charge on any atom is -0.376 e. The predicted molar refractivity (Wildman–Crippen MR) is 70.9 cm³/mol. The summed E-state index contributed by atoms with van der Waals surface area (Å²) in [4.78, 5) is 14.6. The Morgan fingerprint density at radius 1 is 1.21 bits per heavy atom. The van der Waals surface area contributed by atoms with E-state index in [1.807, 2.05) is 0 Å². The average molecular weight is 268 g/mol. The van der Waals surface area contributed by atoms with Gasteiger partial charge < -0.3 is 19.7 Å². The van der Waals surface area contributed by atoms with Crippen LogP contribution in [-0.2, 0) is 14.3 Å². The summed E-state index contributed by atoms with van der Waals surface area (Å²) in [5, 5.41) is 3.17. The van der Waals surface area contributed by atoms with Gasteiger partial charge in [-0.15, -0.1) is 0 Å². The maximum atomic E-state index is 12.1. The zero-order chi connectivity index (χ0) is 13.2. The van der Waals surface area contributed by atoms with Crippen LogP contribution in [0, 0.1) is 0 Å². The Labute approximate surface area is 114 Å². The second-order valence-corrected chi connectivity index (χ2v) is 6.02. The molecular weight excluding hydrogens is 244 g/mol. The van der Waals surface area contributed by atoms with Crippen molar-refractivity contribution in [2.24, 2.45) is 0 Å². The van der Waals surface area contributed by atoms with Crippen molar-refractivity contribution in [2.75, 3.05) is 26.9 Å². The Kier molecular flexibility index (Phi) is 4.05. The van der Waals surface area contributed by atoms with Crippen molar-refractivity contribution in [3.8, 4) is 0 Å². The molecule has 0 aromatic heterocycles. The molecule has 0 saturated carbocycles. The largest absolute Gasteiger partial charge is 0.376 e. The zero-order valence-electron chi connectivity index (χ0n) is 11.6. The monoisotopic (exact) mass is 268 g/mol. The van der Waals surface area contributed by atoms with Crippen molar-refractivity contribution >= 4 is 5.91 Å². The van der Waals surface area contributed by atoms with Crippen LogP contribution >= 0.6 is 0 Å². The molecule has 0 aliphatic carbocycles. The standard InChI is InChI=1S/C14H24N2O3/c1-16-11-3-2-4-12(16)8-10(7-11)15-14(17)13-9-18-5-6-19-13/h10-13H,2-9H2,1H3,(H,15,17)/t11-,12-,13-/m0/s1. The number of rotatable bonds is 2. The summed E-state index contributed by atoms with van der Waals surface area (Å²) < 4.78 is 10.7. The highest BCUT2D eigenvalue weighted by Gasteiger charge is 2.37. The lowest BCUT2D eigenvalue weighted by atomic mass is 9.82. The van der Waals surface area contributed by atoms with Gasteiger partial charge in [-0.25, -0.2) is 0 Å². The van der Waals surface area contributed by atoms with Crippen molar-refractivity contribution in [1.82, 2.24) is 10.2 Å². The SMILES string of the molecule is CN1[C@H]2CCC[C@H]1CC(NC(=O)[C@@H]1COCCO1)C2. The molecule has 0 aromatic carbocycles. The van der Waals surface area contributed by atoms with Crippen molar-refractivity contribution in [3.05, 3.63) is 0 Å². The molecule has 1 N–H and O–H groups in total. The number of nitrogens with zero attached hydrogens (tertiary/aromatic N) is 1. The van der Waals surface area contributed by atoms with Gasteiger partial charge in [0.2, 0.25) is 0 Å². The number of ether oxygens (including phenoxy) is 2. The fourth-order valence-corrected chi connectivity index (χ4v) is 3.67. The molecule has 0 radical (unpaired) electrons. The first kappa shape index (κ1) is 13.3. The number of hydrogen-bond acceptors (Lipinski definition) is 4. The first-order valence-corrected chi connectivity index (χ1v) is 7.45. The van der Waals surface area contributed by atoms with Crippen LogP contribution in [0.1, 0.15) is 32.1 Å². The molecule has 0 spiro atoms. The number of amides is 1. The van der Waals surface area contributed by atoms with Gasteiger partial charge in [0.15, 0.2) is 6.10 Å². The van der Waals surface area contributed by atoms with E-state index in [9.17, 15) is 4.79 Å². The Balaban J connectivity index is 1.54. The molecule has 5 nitrogen and oxygen atoms in total. The molecule has 19 heavy (non-hydrogen) atoms.